The molecule has 212 valence electrons. The van der Waals surface area contributed by atoms with Crippen LogP contribution in [-0.2, 0) is 7.05 Å². The van der Waals surface area contributed by atoms with Gasteiger partial charge in [0, 0.05) is 69.0 Å². The zero-order valence-corrected chi connectivity index (χ0v) is 23.2. The van der Waals surface area contributed by atoms with E-state index in [-0.39, 0.29) is 28.3 Å². The average molecular weight is 562 g/mol. The van der Waals surface area contributed by atoms with Gasteiger partial charge < -0.3 is 29.8 Å². The van der Waals surface area contributed by atoms with Gasteiger partial charge in [0.1, 0.15) is 16.9 Å². The third-order valence-electron chi connectivity index (χ3n) is 8.14. The van der Waals surface area contributed by atoms with Crippen molar-refractivity contribution in [2.75, 3.05) is 44.4 Å². The fourth-order valence-corrected chi connectivity index (χ4v) is 6.15. The van der Waals surface area contributed by atoms with Crippen molar-refractivity contribution in [1.82, 2.24) is 24.4 Å². The Labute approximate surface area is 233 Å². The lowest BCUT2D eigenvalue weighted by molar-refractivity contribution is 0.0695. The first kappa shape index (κ1) is 26.6. The minimum absolute atomic E-state index is 0.0764. The first-order chi connectivity index (χ1) is 19.5. The van der Waals surface area contributed by atoms with E-state index in [1.54, 1.807) is 32.6 Å². The number of likely N-dealkylation sites (N-methyl/N-ethyl adjacent to an activating group) is 1. The molecule has 4 aromatic heterocycles. The van der Waals surface area contributed by atoms with Crippen LogP contribution in [0.25, 0.3) is 44.1 Å². The molecule has 0 bridgehead atoms. The van der Waals surface area contributed by atoms with E-state index < -0.39 is 23.0 Å². The number of halogens is 2. The Morgan fingerprint density at radius 2 is 1.93 bits per heavy atom. The fraction of sp³-hybridized carbons (Fsp3) is 0.310. The molecular weight excluding hydrogens is 532 g/mol. The Kier molecular flexibility index (Phi) is 6.18. The molecule has 6 rings (SSSR count). The third kappa shape index (κ3) is 4.00. The second kappa shape index (κ2) is 9.51. The van der Waals surface area contributed by atoms with E-state index in [4.69, 9.17) is 0 Å². The largest absolute Gasteiger partial charge is 0.477 e. The molecule has 2 atom stereocenters. The Morgan fingerprint density at radius 1 is 1.17 bits per heavy atom. The molecule has 3 N–H and O–H groups in total. The number of aryl methyl sites for hydroxylation is 1. The number of aromatic nitrogens is 4. The zero-order valence-electron chi connectivity index (χ0n) is 23.2. The maximum atomic E-state index is 15.6. The Hall–Kier alpha value is -4.58. The molecule has 0 spiro atoms. The predicted molar refractivity (Wildman–Crippen MR) is 155 cm³/mol. The van der Waals surface area contributed by atoms with Crippen molar-refractivity contribution in [2.45, 2.75) is 13.0 Å². The second-order valence-electron chi connectivity index (χ2n) is 10.9. The summed E-state index contributed by atoms with van der Waals surface area (Å²) in [5.41, 5.74) is 2.17. The molecule has 1 aliphatic rings. The molecule has 12 heteroatoms. The number of aromatic amines is 1. The summed E-state index contributed by atoms with van der Waals surface area (Å²) >= 11 is 0. The van der Waals surface area contributed by atoms with Crippen LogP contribution in [0.1, 0.15) is 17.3 Å². The number of anilines is 2. The van der Waals surface area contributed by atoms with Crippen molar-refractivity contribution in [3.8, 4) is 11.1 Å². The number of carboxylic acids is 1. The summed E-state index contributed by atoms with van der Waals surface area (Å²) in [4.78, 5) is 41.4. The van der Waals surface area contributed by atoms with Gasteiger partial charge in [-0.15, -0.1) is 0 Å². The maximum Gasteiger partial charge on any atom is 0.341 e. The molecular formula is C29H29F2N7O3. The maximum absolute atomic E-state index is 15.6. The van der Waals surface area contributed by atoms with Crippen LogP contribution in [0.3, 0.4) is 0 Å². The quantitative estimate of drug-likeness (QED) is 0.294. The van der Waals surface area contributed by atoms with Gasteiger partial charge in [0.2, 0.25) is 5.43 Å². The first-order valence-corrected chi connectivity index (χ1v) is 13.2. The number of hydrogen-bond donors (Lipinski definition) is 3. The number of carboxylic acid groups (broad SMARTS) is 1. The number of H-pyrrole nitrogens is 1. The first-order valence-electron chi connectivity index (χ1n) is 13.2. The number of nitrogens with one attached hydrogen (secondary N) is 2. The van der Waals surface area contributed by atoms with Gasteiger partial charge in [-0.25, -0.2) is 23.5 Å². The molecule has 0 saturated carbocycles. The zero-order chi connectivity index (χ0) is 29.3. The Morgan fingerprint density at radius 3 is 2.59 bits per heavy atom. The van der Waals surface area contributed by atoms with E-state index in [9.17, 15) is 19.1 Å². The van der Waals surface area contributed by atoms with E-state index in [0.29, 0.717) is 57.8 Å². The lowest BCUT2D eigenvalue weighted by Crippen LogP contribution is -2.34. The van der Waals surface area contributed by atoms with Crippen molar-refractivity contribution in [3.05, 3.63) is 58.1 Å². The van der Waals surface area contributed by atoms with Crippen LogP contribution < -0.4 is 15.6 Å². The number of rotatable bonds is 5. The van der Waals surface area contributed by atoms with Crippen molar-refractivity contribution in [3.63, 3.8) is 0 Å². The smallest absolute Gasteiger partial charge is 0.341 e. The van der Waals surface area contributed by atoms with Gasteiger partial charge in [-0.05, 0) is 26.1 Å². The highest BCUT2D eigenvalue weighted by atomic mass is 19.2. The van der Waals surface area contributed by atoms with Gasteiger partial charge in [0.25, 0.3) is 0 Å². The van der Waals surface area contributed by atoms with Crippen LogP contribution in [0.2, 0.25) is 0 Å². The highest BCUT2D eigenvalue weighted by molar-refractivity contribution is 6.18. The summed E-state index contributed by atoms with van der Waals surface area (Å²) < 4.78 is 31.9. The van der Waals surface area contributed by atoms with E-state index in [2.05, 4.69) is 37.0 Å². The lowest BCUT2D eigenvalue weighted by atomic mass is 10.0. The molecule has 1 aromatic carbocycles. The van der Waals surface area contributed by atoms with Crippen molar-refractivity contribution in [2.24, 2.45) is 13.0 Å². The lowest BCUT2D eigenvalue weighted by Gasteiger charge is -2.25. The second-order valence-corrected chi connectivity index (χ2v) is 10.9. The molecule has 1 unspecified atom stereocenters. The molecule has 0 amide bonds. The van der Waals surface area contributed by atoms with Gasteiger partial charge >= 0.3 is 5.97 Å². The van der Waals surface area contributed by atoms with Crippen LogP contribution in [0.5, 0.6) is 0 Å². The van der Waals surface area contributed by atoms with Gasteiger partial charge in [-0.2, -0.15) is 0 Å². The molecule has 10 nitrogen and oxygen atoms in total. The highest BCUT2D eigenvalue weighted by Gasteiger charge is 2.35. The average Bonchev–Trinajstić information content (AvgIpc) is 3.52. The molecule has 41 heavy (non-hydrogen) atoms. The molecule has 0 radical (unpaired) electrons. The van der Waals surface area contributed by atoms with Crippen molar-refractivity contribution >= 4 is 50.3 Å². The topological polar surface area (TPSA) is 119 Å². The Balaban J connectivity index is 1.71. The Bertz CT molecular complexity index is 1950. The summed E-state index contributed by atoms with van der Waals surface area (Å²) in [5, 5.41) is 13.1. The molecule has 0 aliphatic carbocycles. The fourth-order valence-electron chi connectivity index (χ4n) is 6.15. The van der Waals surface area contributed by atoms with E-state index >= 15 is 4.39 Å². The summed E-state index contributed by atoms with van der Waals surface area (Å²) in [7, 11) is 7.27. The van der Waals surface area contributed by atoms with Crippen LogP contribution >= 0.6 is 0 Å². The highest BCUT2D eigenvalue weighted by Crippen LogP contribution is 2.44. The molecule has 1 fully saturated rings. The standard InChI is InChI=1S/C29H29F2N7O3/c1-13-10-38(12-20(13)36(3)4)25-16(14-6-15-26(39)17(29(40)41)11-37(5)28(15)34-8-14)9-33-27-22(25)21-23(31)18(30)7-19(32-2)24(21)35-27/h6-9,11,13,20,32H,10,12H2,1-5H3,(H,33,35)(H,40,41)/t13-,20?/m0/s1. The number of carbonyl (C=O) groups is 1. The summed E-state index contributed by atoms with van der Waals surface area (Å²) in [6.07, 6.45) is 4.46. The monoisotopic (exact) mass is 561 g/mol. The summed E-state index contributed by atoms with van der Waals surface area (Å²) in [6.45, 7) is 3.41. The minimum atomic E-state index is -1.33. The van der Waals surface area contributed by atoms with E-state index in [1.807, 2.05) is 14.1 Å². The molecule has 1 aliphatic heterocycles. The van der Waals surface area contributed by atoms with Crippen LogP contribution in [0, 0.1) is 17.6 Å². The van der Waals surface area contributed by atoms with Gasteiger partial charge in [-0.1, -0.05) is 6.92 Å². The number of nitrogens with zero attached hydrogens (tertiary/aromatic N) is 5. The normalized spacial score (nSPS) is 17.4. The molecule has 5 heterocycles. The number of pyridine rings is 3. The number of benzene rings is 1. The SMILES string of the molecule is CNc1cc(F)c(F)c2c1[nH]c1ncc(-c3cnc4c(c3)c(=O)c(C(=O)O)cn4C)c(N3CC(N(C)C)[C@@H](C)C3)c12. The summed E-state index contributed by atoms with van der Waals surface area (Å²) in [6, 6.07) is 2.90. The van der Waals surface area contributed by atoms with Crippen LogP contribution in [-0.4, -0.2) is 75.8 Å². The molecule has 1 saturated heterocycles. The van der Waals surface area contributed by atoms with Gasteiger partial charge in [-0.3, -0.25) is 4.79 Å². The predicted octanol–water partition coefficient (Wildman–Crippen LogP) is 4.03. The molecule has 5 aromatic rings. The van der Waals surface area contributed by atoms with E-state index in [0.717, 1.165) is 6.07 Å². The number of fused-ring (bicyclic) bond motifs is 4. The van der Waals surface area contributed by atoms with Crippen LogP contribution in [0.4, 0.5) is 20.2 Å². The van der Waals surface area contributed by atoms with E-state index in [1.165, 1.54) is 10.8 Å². The minimum Gasteiger partial charge on any atom is -0.477 e. The number of hydrogen-bond acceptors (Lipinski definition) is 7. The van der Waals surface area contributed by atoms with Gasteiger partial charge in [0.15, 0.2) is 11.6 Å². The third-order valence-corrected chi connectivity index (χ3v) is 8.14. The number of aromatic carboxylic acids is 1. The van der Waals surface area contributed by atoms with Gasteiger partial charge in [0.05, 0.1) is 33.1 Å². The van der Waals surface area contributed by atoms with Crippen molar-refractivity contribution in [1.29, 1.82) is 0 Å². The summed E-state index contributed by atoms with van der Waals surface area (Å²) in [5.74, 6) is -3.05. The van der Waals surface area contributed by atoms with Crippen molar-refractivity contribution < 1.29 is 18.7 Å². The van der Waals surface area contributed by atoms with Crippen LogP contribution in [0.15, 0.2) is 35.5 Å².